The monoisotopic (exact) mass is 402 g/mol. The molecule has 0 saturated heterocycles. The molecular weight excluding hydrogens is 380 g/mol. The third-order valence-corrected chi connectivity index (χ3v) is 4.29. The molecular formula is C25H22O5. The maximum absolute atomic E-state index is 12.4. The number of ether oxygens (including phenoxy) is 3. The highest BCUT2D eigenvalue weighted by Crippen LogP contribution is 2.21. The number of allylic oxidation sites excluding steroid dienone is 1. The predicted molar refractivity (Wildman–Crippen MR) is 115 cm³/mol. The van der Waals surface area contributed by atoms with Crippen LogP contribution in [0.25, 0.3) is 6.08 Å². The first-order chi connectivity index (χ1) is 14.6. The van der Waals surface area contributed by atoms with Gasteiger partial charge >= 0.3 is 5.97 Å². The van der Waals surface area contributed by atoms with Crippen molar-refractivity contribution in [1.82, 2.24) is 0 Å². The molecule has 3 rings (SSSR count). The van der Waals surface area contributed by atoms with Gasteiger partial charge in [0.2, 0.25) is 0 Å². The lowest BCUT2D eigenvalue weighted by molar-refractivity contribution is 0.0731. The Kier molecular flexibility index (Phi) is 7.00. The van der Waals surface area contributed by atoms with Gasteiger partial charge in [-0.3, -0.25) is 4.79 Å². The first-order valence-corrected chi connectivity index (χ1v) is 9.51. The van der Waals surface area contributed by atoms with Gasteiger partial charge in [-0.1, -0.05) is 30.3 Å². The normalized spacial score (nSPS) is 10.6. The van der Waals surface area contributed by atoms with Gasteiger partial charge in [-0.2, -0.15) is 0 Å². The van der Waals surface area contributed by atoms with Gasteiger partial charge in [-0.25, -0.2) is 4.79 Å². The van der Waals surface area contributed by atoms with E-state index in [9.17, 15) is 9.59 Å². The fraction of sp³-hybridized carbons (Fsp3) is 0.120. The smallest absolute Gasteiger partial charge is 0.347 e. The van der Waals surface area contributed by atoms with E-state index in [1.165, 1.54) is 13.2 Å². The molecule has 152 valence electrons. The van der Waals surface area contributed by atoms with Crippen LogP contribution in [0.15, 0.2) is 78.9 Å². The summed E-state index contributed by atoms with van der Waals surface area (Å²) in [6.07, 6.45) is 3.25. The molecule has 0 amide bonds. The fourth-order valence-electron chi connectivity index (χ4n) is 2.77. The number of rotatable bonds is 8. The Balaban J connectivity index is 1.63. The number of esters is 1. The van der Waals surface area contributed by atoms with Gasteiger partial charge < -0.3 is 14.2 Å². The summed E-state index contributed by atoms with van der Waals surface area (Å²) in [6, 6.07) is 20.7. The van der Waals surface area contributed by atoms with Crippen LogP contribution in [0.3, 0.4) is 0 Å². The molecule has 0 bridgehead atoms. The Morgan fingerprint density at radius 1 is 0.867 bits per heavy atom. The summed E-state index contributed by atoms with van der Waals surface area (Å²) in [4.78, 5) is 24.7. The molecule has 0 aromatic heterocycles. The number of carbonyl (C=O) groups is 2. The first kappa shape index (κ1) is 20.9. The highest BCUT2D eigenvalue weighted by Gasteiger charge is 2.14. The van der Waals surface area contributed by atoms with E-state index in [-0.39, 0.29) is 5.78 Å². The van der Waals surface area contributed by atoms with Crippen molar-refractivity contribution in [3.63, 3.8) is 0 Å². The Hall–Kier alpha value is -3.86. The Morgan fingerprint density at radius 3 is 2.20 bits per heavy atom. The SMILES string of the molecule is CCOc1ccc(/C=C/C(=O)c2ccc(OC(=O)c3ccccc3OC)cc2)cc1. The zero-order valence-electron chi connectivity index (χ0n) is 16.8. The van der Waals surface area contributed by atoms with Crippen molar-refractivity contribution < 1.29 is 23.8 Å². The molecule has 5 nitrogen and oxygen atoms in total. The minimum atomic E-state index is -0.526. The second-order valence-corrected chi connectivity index (χ2v) is 6.31. The molecule has 0 aliphatic rings. The molecule has 0 fully saturated rings. The molecule has 0 radical (unpaired) electrons. The zero-order chi connectivity index (χ0) is 21.3. The summed E-state index contributed by atoms with van der Waals surface area (Å²) >= 11 is 0. The van der Waals surface area contributed by atoms with Crippen molar-refractivity contribution in [2.75, 3.05) is 13.7 Å². The largest absolute Gasteiger partial charge is 0.496 e. The van der Waals surface area contributed by atoms with Gasteiger partial charge in [0, 0.05) is 5.56 Å². The molecule has 0 N–H and O–H groups in total. The van der Waals surface area contributed by atoms with E-state index in [1.54, 1.807) is 54.6 Å². The van der Waals surface area contributed by atoms with Crippen molar-refractivity contribution in [3.8, 4) is 17.2 Å². The van der Waals surface area contributed by atoms with Crippen molar-refractivity contribution in [1.29, 1.82) is 0 Å². The molecule has 3 aromatic carbocycles. The summed E-state index contributed by atoms with van der Waals surface area (Å²) in [5, 5.41) is 0. The Bertz CT molecular complexity index is 1030. The van der Waals surface area contributed by atoms with Gasteiger partial charge in [-0.15, -0.1) is 0 Å². The molecule has 0 unspecified atom stereocenters. The van der Waals surface area contributed by atoms with Crippen molar-refractivity contribution >= 4 is 17.8 Å². The topological polar surface area (TPSA) is 61.8 Å². The van der Waals surface area contributed by atoms with Crippen LogP contribution in [0.4, 0.5) is 0 Å². The lowest BCUT2D eigenvalue weighted by Gasteiger charge is -2.08. The van der Waals surface area contributed by atoms with Crippen LogP contribution in [0.1, 0.15) is 33.2 Å². The quantitative estimate of drug-likeness (QED) is 0.224. The lowest BCUT2D eigenvalue weighted by Crippen LogP contribution is -2.10. The van der Waals surface area contributed by atoms with E-state index in [0.717, 1.165) is 11.3 Å². The van der Waals surface area contributed by atoms with E-state index in [0.29, 0.717) is 29.2 Å². The van der Waals surface area contributed by atoms with Gasteiger partial charge in [0.15, 0.2) is 5.78 Å². The first-order valence-electron chi connectivity index (χ1n) is 9.51. The Labute approximate surface area is 175 Å². The third kappa shape index (κ3) is 5.35. The van der Waals surface area contributed by atoms with Crippen LogP contribution in [-0.4, -0.2) is 25.5 Å². The number of hydrogen-bond acceptors (Lipinski definition) is 5. The molecule has 3 aromatic rings. The van der Waals surface area contributed by atoms with Gasteiger partial charge in [-0.05, 0) is 67.1 Å². The van der Waals surface area contributed by atoms with Gasteiger partial charge in [0.05, 0.1) is 13.7 Å². The molecule has 0 heterocycles. The number of benzene rings is 3. The molecule has 5 heteroatoms. The summed E-state index contributed by atoms with van der Waals surface area (Å²) < 4.78 is 16.0. The van der Waals surface area contributed by atoms with Crippen LogP contribution in [-0.2, 0) is 0 Å². The number of methoxy groups -OCH3 is 1. The zero-order valence-corrected chi connectivity index (χ0v) is 16.8. The van der Waals surface area contributed by atoms with Gasteiger partial charge in [0.1, 0.15) is 22.8 Å². The second-order valence-electron chi connectivity index (χ2n) is 6.31. The molecule has 30 heavy (non-hydrogen) atoms. The summed E-state index contributed by atoms with van der Waals surface area (Å²) in [7, 11) is 1.49. The fourth-order valence-corrected chi connectivity index (χ4v) is 2.77. The van der Waals surface area contributed by atoms with Crippen molar-refractivity contribution in [3.05, 3.63) is 95.6 Å². The van der Waals surface area contributed by atoms with Crippen molar-refractivity contribution in [2.45, 2.75) is 6.92 Å². The van der Waals surface area contributed by atoms with E-state index in [1.807, 2.05) is 31.2 Å². The van der Waals surface area contributed by atoms with E-state index >= 15 is 0 Å². The highest BCUT2D eigenvalue weighted by molar-refractivity contribution is 6.06. The second kappa shape index (κ2) is 10.1. The molecule has 0 spiro atoms. The number of para-hydroxylation sites is 1. The minimum Gasteiger partial charge on any atom is -0.496 e. The van der Waals surface area contributed by atoms with Crippen molar-refractivity contribution in [2.24, 2.45) is 0 Å². The van der Waals surface area contributed by atoms with E-state index < -0.39 is 5.97 Å². The minimum absolute atomic E-state index is 0.147. The van der Waals surface area contributed by atoms with E-state index in [2.05, 4.69) is 0 Å². The number of hydrogen-bond donors (Lipinski definition) is 0. The molecule has 0 atom stereocenters. The van der Waals surface area contributed by atoms with Crippen LogP contribution < -0.4 is 14.2 Å². The van der Waals surface area contributed by atoms with E-state index in [4.69, 9.17) is 14.2 Å². The lowest BCUT2D eigenvalue weighted by atomic mass is 10.1. The standard InChI is InChI=1S/C25H22O5/c1-3-29-20-13-8-18(9-14-20)10-17-23(26)19-11-15-21(16-12-19)30-25(27)22-6-4-5-7-24(22)28-2/h4-17H,3H2,1-2H3/b17-10+. The molecule has 0 aliphatic heterocycles. The third-order valence-electron chi connectivity index (χ3n) is 4.29. The maximum Gasteiger partial charge on any atom is 0.347 e. The highest BCUT2D eigenvalue weighted by atomic mass is 16.5. The number of carbonyl (C=O) groups excluding carboxylic acids is 2. The summed E-state index contributed by atoms with van der Waals surface area (Å²) in [5.74, 6) is 0.902. The molecule has 0 aliphatic carbocycles. The average molecular weight is 402 g/mol. The molecule has 0 saturated carbocycles. The van der Waals surface area contributed by atoms with Crippen LogP contribution in [0.2, 0.25) is 0 Å². The number of ketones is 1. The summed E-state index contributed by atoms with van der Waals surface area (Å²) in [6.45, 7) is 2.54. The maximum atomic E-state index is 12.4. The average Bonchev–Trinajstić information content (AvgIpc) is 2.79. The predicted octanol–water partition coefficient (Wildman–Crippen LogP) is 5.21. The van der Waals surface area contributed by atoms with Crippen LogP contribution in [0.5, 0.6) is 17.2 Å². The van der Waals surface area contributed by atoms with Crippen LogP contribution >= 0.6 is 0 Å². The Morgan fingerprint density at radius 2 is 1.53 bits per heavy atom. The van der Waals surface area contributed by atoms with Crippen LogP contribution in [0, 0.1) is 0 Å². The van der Waals surface area contributed by atoms with Gasteiger partial charge in [0.25, 0.3) is 0 Å². The summed E-state index contributed by atoms with van der Waals surface area (Å²) in [5.41, 5.74) is 1.72.